The quantitative estimate of drug-likeness (QED) is 0.433. The molecule has 0 bridgehead atoms. The number of halogens is 1. The van der Waals surface area contributed by atoms with Gasteiger partial charge in [0, 0.05) is 35.7 Å². The first-order valence-electron chi connectivity index (χ1n) is 8.85. The summed E-state index contributed by atoms with van der Waals surface area (Å²) in [5, 5.41) is 5.77. The van der Waals surface area contributed by atoms with Gasteiger partial charge in [0.05, 0.1) is 16.1 Å². The number of carbonyl (C=O) groups is 2. The Morgan fingerprint density at radius 3 is 2.83 bits per heavy atom. The van der Waals surface area contributed by atoms with Crippen molar-refractivity contribution >= 4 is 67.4 Å². The number of rotatable bonds is 5. The van der Waals surface area contributed by atoms with Crippen molar-refractivity contribution in [1.29, 1.82) is 0 Å². The molecule has 1 N–H and O–H groups in total. The average molecular weight is 439 g/mol. The number of aromatic nitrogens is 2. The van der Waals surface area contributed by atoms with Gasteiger partial charge in [-0.25, -0.2) is 9.37 Å². The highest BCUT2D eigenvalue weighted by atomic mass is 32.1. The number of para-hydroxylation sites is 1. The van der Waals surface area contributed by atoms with E-state index < -0.39 is 5.82 Å². The maximum Gasteiger partial charge on any atom is 0.248 e. The molecule has 4 rings (SSSR count). The number of hydrogen-bond acceptors (Lipinski definition) is 6. The molecule has 0 radical (unpaired) electrons. The minimum Gasteiger partial charge on any atom is -0.322 e. The van der Waals surface area contributed by atoms with Crippen LogP contribution in [0.25, 0.3) is 16.2 Å². The van der Waals surface area contributed by atoms with Crippen LogP contribution < -0.4 is 10.2 Å². The van der Waals surface area contributed by atoms with Gasteiger partial charge in [-0.3, -0.25) is 14.5 Å². The van der Waals surface area contributed by atoms with Gasteiger partial charge in [0.15, 0.2) is 5.13 Å². The number of hydrogen-bond donors (Lipinski definition) is 1. The van der Waals surface area contributed by atoms with Gasteiger partial charge < -0.3 is 5.32 Å². The summed E-state index contributed by atoms with van der Waals surface area (Å²) in [6.45, 7) is 1.34. The van der Waals surface area contributed by atoms with Gasteiger partial charge in [0.25, 0.3) is 0 Å². The van der Waals surface area contributed by atoms with Crippen molar-refractivity contribution < 1.29 is 14.0 Å². The molecule has 0 spiro atoms. The van der Waals surface area contributed by atoms with Crippen molar-refractivity contribution in [3.63, 3.8) is 0 Å². The Kier molecular flexibility index (Phi) is 5.64. The maximum atomic E-state index is 14.1. The van der Waals surface area contributed by atoms with E-state index in [9.17, 15) is 14.0 Å². The van der Waals surface area contributed by atoms with Crippen LogP contribution in [0.4, 0.5) is 20.9 Å². The van der Waals surface area contributed by atoms with Crippen molar-refractivity contribution in [3.05, 3.63) is 71.6 Å². The predicted octanol–water partition coefficient (Wildman–Crippen LogP) is 5.23. The molecule has 2 aromatic heterocycles. The van der Waals surface area contributed by atoms with Gasteiger partial charge in [-0.2, -0.15) is 4.37 Å². The Morgan fingerprint density at radius 1 is 1.20 bits per heavy atom. The van der Waals surface area contributed by atoms with Gasteiger partial charge in [-0.05, 0) is 47.9 Å². The van der Waals surface area contributed by atoms with Crippen LogP contribution in [-0.2, 0) is 9.59 Å². The third-order valence-corrected chi connectivity index (χ3v) is 5.76. The molecule has 6 nitrogen and oxygen atoms in total. The predicted molar refractivity (Wildman–Crippen MR) is 119 cm³/mol. The summed E-state index contributed by atoms with van der Waals surface area (Å²) < 4.78 is 19.3. The molecular weight excluding hydrogens is 423 g/mol. The second-order valence-corrected chi connectivity index (χ2v) is 7.93. The smallest absolute Gasteiger partial charge is 0.248 e. The number of nitrogens with zero attached hydrogens (tertiary/aromatic N) is 3. The maximum absolute atomic E-state index is 14.1. The van der Waals surface area contributed by atoms with Crippen molar-refractivity contribution in [2.45, 2.75) is 6.92 Å². The molecule has 0 aliphatic carbocycles. The highest BCUT2D eigenvalue weighted by Gasteiger charge is 2.20. The van der Waals surface area contributed by atoms with Crippen LogP contribution in [0.1, 0.15) is 12.6 Å². The topological polar surface area (TPSA) is 75.2 Å². The first-order chi connectivity index (χ1) is 14.5. The molecule has 0 aliphatic heterocycles. The first kappa shape index (κ1) is 19.9. The van der Waals surface area contributed by atoms with E-state index in [1.807, 2.05) is 18.2 Å². The number of thiazole rings is 1. The highest BCUT2D eigenvalue weighted by Crippen LogP contribution is 2.31. The second kappa shape index (κ2) is 8.52. The molecule has 9 heteroatoms. The number of fused-ring (bicyclic) bond motifs is 1. The average Bonchev–Trinajstić information content (AvgIpc) is 3.37. The molecule has 0 unspecified atom stereocenters. The molecule has 2 heterocycles. The number of nitrogens with one attached hydrogen (secondary N) is 1. The summed E-state index contributed by atoms with van der Waals surface area (Å²) in [6.07, 6.45) is 4.65. The monoisotopic (exact) mass is 438 g/mol. The summed E-state index contributed by atoms with van der Waals surface area (Å²) in [7, 11) is 0. The zero-order chi connectivity index (χ0) is 21.1. The van der Waals surface area contributed by atoms with Crippen molar-refractivity contribution in [3.8, 4) is 0 Å². The Labute approximate surface area is 179 Å². The summed E-state index contributed by atoms with van der Waals surface area (Å²) >= 11 is 2.58. The van der Waals surface area contributed by atoms with Gasteiger partial charge in [0.1, 0.15) is 5.82 Å². The molecule has 2 aromatic carbocycles. The molecule has 30 heavy (non-hydrogen) atoms. The Hall–Kier alpha value is -3.43. The lowest BCUT2D eigenvalue weighted by atomic mass is 10.2. The lowest BCUT2D eigenvalue weighted by Crippen LogP contribution is -2.23. The van der Waals surface area contributed by atoms with Crippen LogP contribution >= 0.6 is 22.9 Å². The first-order valence-corrected chi connectivity index (χ1v) is 10.5. The van der Waals surface area contributed by atoms with Crippen LogP contribution in [0.15, 0.2) is 60.1 Å². The Bertz CT molecular complexity index is 1260. The molecule has 0 saturated heterocycles. The lowest BCUT2D eigenvalue weighted by Gasteiger charge is -2.18. The van der Waals surface area contributed by atoms with Crippen molar-refractivity contribution in [2.24, 2.45) is 0 Å². The number of carbonyl (C=O) groups excluding carboxylic acids is 2. The summed E-state index contributed by atoms with van der Waals surface area (Å²) in [5.74, 6) is -1.19. The van der Waals surface area contributed by atoms with Gasteiger partial charge in [-0.15, -0.1) is 11.3 Å². The SMILES string of the molecule is CC(=O)N(c1nc(C=CC(=O)Nc2ccc3sncc3c2)cs1)c1ccccc1F. The van der Waals surface area contributed by atoms with Gasteiger partial charge in [-0.1, -0.05) is 12.1 Å². The standard InChI is InChI=1S/C21H15FN4O2S2/c1-13(27)26(18-5-3-2-4-17(18)22)21-25-16(12-29-21)7-9-20(28)24-15-6-8-19-14(10-15)11-23-30-19/h2-12H,1H3,(H,24,28). The normalized spacial score (nSPS) is 11.1. The third kappa shape index (κ3) is 4.27. The van der Waals surface area contributed by atoms with Crippen LogP contribution in [-0.4, -0.2) is 21.2 Å². The highest BCUT2D eigenvalue weighted by molar-refractivity contribution is 7.14. The fraction of sp³-hybridized carbons (Fsp3) is 0.0476. The zero-order valence-electron chi connectivity index (χ0n) is 15.7. The van der Waals surface area contributed by atoms with E-state index in [2.05, 4.69) is 14.7 Å². The summed E-state index contributed by atoms with van der Waals surface area (Å²) in [4.78, 5) is 29.9. The van der Waals surface area contributed by atoms with E-state index in [-0.39, 0.29) is 17.5 Å². The number of benzene rings is 2. The minimum absolute atomic E-state index is 0.130. The van der Waals surface area contributed by atoms with Gasteiger partial charge >= 0.3 is 0 Å². The molecule has 0 saturated carbocycles. The van der Waals surface area contributed by atoms with Crippen LogP contribution in [0.3, 0.4) is 0 Å². The number of amides is 2. The van der Waals surface area contributed by atoms with Crippen LogP contribution in [0, 0.1) is 5.82 Å². The van der Waals surface area contributed by atoms with E-state index in [4.69, 9.17) is 0 Å². The van der Waals surface area contributed by atoms with Gasteiger partial charge in [0.2, 0.25) is 11.8 Å². The van der Waals surface area contributed by atoms with Crippen molar-refractivity contribution in [1.82, 2.24) is 9.36 Å². The van der Waals surface area contributed by atoms with E-state index >= 15 is 0 Å². The second-order valence-electron chi connectivity index (χ2n) is 6.26. The molecule has 2 amide bonds. The Balaban J connectivity index is 1.49. The fourth-order valence-electron chi connectivity index (χ4n) is 2.79. The van der Waals surface area contributed by atoms with E-state index in [0.717, 1.165) is 10.1 Å². The molecular formula is C21H15FN4O2S2. The number of anilines is 3. The van der Waals surface area contributed by atoms with Crippen molar-refractivity contribution in [2.75, 3.05) is 10.2 Å². The molecule has 150 valence electrons. The Morgan fingerprint density at radius 2 is 2.03 bits per heavy atom. The lowest BCUT2D eigenvalue weighted by molar-refractivity contribution is -0.116. The van der Waals surface area contributed by atoms with E-state index in [1.54, 1.807) is 29.8 Å². The molecule has 4 aromatic rings. The van der Waals surface area contributed by atoms with Crippen LogP contribution in [0.2, 0.25) is 0 Å². The van der Waals surface area contributed by atoms with Crippen LogP contribution in [0.5, 0.6) is 0 Å². The summed E-state index contributed by atoms with van der Waals surface area (Å²) in [5.41, 5.74) is 1.29. The largest absolute Gasteiger partial charge is 0.322 e. The third-order valence-electron chi connectivity index (χ3n) is 4.13. The minimum atomic E-state index is -0.517. The zero-order valence-corrected chi connectivity index (χ0v) is 17.3. The molecule has 0 aliphatic rings. The van der Waals surface area contributed by atoms with E-state index in [1.165, 1.54) is 52.9 Å². The molecule has 0 atom stereocenters. The summed E-state index contributed by atoms with van der Waals surface area (Å²) in [6, 6.07) is 11.6. The van der Waals surface area contributed by atoms with E-state index in [0.29, 0.717) is 16.5 Å². The fourth-order valence-corrected chi connectivity index (χ4v) is 4.26. The molecule has 0 fully saturated rings.